The molecule has 46 valence electrons. The second kappa shape index (κ2) is 3.14. The van der Waals surface area contributed by atoms with Crippen molar-refractivity contribution < 1.29 is 9.90 Å². The zero-order valence-corrected chi connectivity index (χ0v) is 6.83. The first kappa shape index (κ1) is 6.98. The predicted molar refractivity (Wildman–Crippen MR) is 41.8 cm³/mol. The van der Waals surface area contributed by atoms with Gasteiger partial charge in [-0.1, -0.05) is 21.6 Å². The highest BCUT2D eigenvalue weighted by Gasteiger charge is 2.25. The van der Waals surface area contributed by atoms with Crippen LogP contribution >= 0.6 is 41.2 Å². The second-order valence-electron chi connectivity index (χ2n) is 0.999. The SMILES string of the molecule is O=C(O)C1SSSS1. The lowest BCUT2D eigenvalue weighted by Gasteiger charge is -1.93. The zero-order valence-electron chi connectivity index (χ0n) is 3.57. The molecule has 1 N–H and O–H groups in total. The molecule has 1 rings (SSSR count). The molecule has 1 aliphatic rings. The monoisotopic (exact) mass is 186 g/mol. The van der Waals surface area contributed by atoms with Gasteiger partial charge in [0.25, 0.3) is 0 Å². The van der Waals surface area contributed by atoms with E-state index in [-0.39, 0.29) is 4.58 Å². The topological polar surface area (TPSA) is 37.3 Å². The van der Waals surface area contributed by atoms with E-state index >= 15 is 0 Å². The van der Waals surface area contributed by atoms with Crippen LogP contribution in [0.4, 0.5) is 0 Å². The normalized spacial score (nSPS) is 21.5. The van der Waals surface area contributed by atoms with Gasteiger partial charge in [-0.2, -0.15) is 0 Å². The van der Waals surface area contributed by atoms with E-state index in [1.807, 2.05) is 0 Å². The van der Waals surface area contributed by atoms with Crippen molar-refractivity contribution >= 4 is 47.2 Å². The molecule has 0 amide bonds. The number of hydrogen-bond acceptors (Lipinski definition) is 5. The Morgan fingerprint density at radius 1 is 1.38 bits per heavy atom. The van der Waals surface area contributed by atoms with Gasteiger partial charge >= 0.3 is 5.97 Å². The molecule has 0 radical (unpaired) electrons. The van der Waals surface area contributed by atoms with Gasteiger partial charge in [0.2, 0.25) is 0 Å². The fourth-order valence-electron chi connectivity index (χ4n) is 0.202. The molecule has 0 unspecified atom stereocenters. The molecule has 0 saturated carbocycles. The van der Waals surface area contributed by atoms with Crippen LogP contribution in [0, 0.1) is 0 Å². The Kier molecular flexibility index (Phi) is 2.74. The van der Waals surface area contributed by atoms with Crippen LogP contribution in [-0.4, -0.2) is 15.7 Å². The van der Waals surface area contributed by atoms with Gasteiger partial charge in [0.05, 0.1) is 0 Å². The van der Waals surface area contributed by atoms with Crippen LogP contribution < -0.4 is 0 Å². The smallest absolute Gasteiger partial charge is 0.328 e. The lowest BCUT2D eigenvalue weighted by atomic mass is 10.8. The standard InChI is InChI=1S/C2H2O2S4/c3-1(4)2-5-7-8-6-2/h2H,(H,3,4). The minimum absolute atomic E-state index is 0.259. The minimum atomic E-state index is -0.725. The number of carbonyl (C=O) groups is 1. The van der Waals surface area contributed by atoms with Crippen molar-refractivity contribution in [3.05, 3.63) is 0 Å². The van der Waals surface area contributed by atoms with Gasteiger partial charge in [0, 0.05) is 0 Å². The molecule has 2 nitrogen and oxygen atoms in total. The highest BCUT2D eigenvalue weighted by molar-refractivity contribution is 9.31. The van der Waals surface area contributed by atoms with Crippen LogP contribution in [0.5, 0.6) is 0 Å². The lowest BCUT2D eigenvalue weighted by Crippen LogP contribution is -2.06. The largest absolute Gasteiger partial charge is 0.480 e. The van der Waals surface area contributed by atoms with E-state index in [1.54, 1.807) is 0 Å². The van der Waals surface area contributed by atoms with E-state index in [0.717, 1.165) is 0 Å². The van der Waals surface area contributed by atoms with Crippen molar-refractivity contribution in [2.45, 2.75) is 4.58 Å². The van der Waals surface area contributed by atoms with Crippen LogP contribution in [0.2, 0.25) is 0 Å². The van der Waals surface area contributed by atoms with Gasteiger partial charge in [-0.25, -0.2) is 0 Å². The Morgan fingerprint density at radius 2 is 1.88 bits per heavy atom. The molecular weight excluding hydrogens is 184 g/mol. The molecule has 1 fully saturated rings. The van der Waals surface area contributed by atoms with Crippen LogP contribution in [0.15, 0.2) is 0 Å². The molecule has 1 aliphatic heterocycles. The summed E-state index contributed by atoms with van der Waals surface area (Å²) in [6, 6.07) is 0. The molecule has 1 heterocycles. The molecule has 0 aromatic carbocycles. The highest BCUT2D eigenvalue weighted by Crippen LogP contribution is 2.58. The van der Waals surface area contributed by atoms with Crippen molar-refractivity contribution in [3.63, 3.8) is 0 Å². The Hall–Kier alpha value is 0.870. The summed E-state index contributed by atoms with van der Waals surface area (Å²) in [6.07, 6.45) is 0. The lowest BCUT2D eigenvalue weighted by molar-refractivity contribution is -0.134. The number of carboxylic acids is 1. The third kappa shape index (κ3) is 1.68. The first-order valence-electron chi connectivity index (χ1n) is 1.69. The summed E-state index contributed by atoms with van der Waals surface area (Å²) in [5.74, 6) is -0.725. The van der Waals surface area contributed by atoms with Gasteiger partial charge in [-0.15, -0.1) is 0 Å². The molecule has 1 saturated heterocycles. The number of carboxylic acid groups (broad SMARTS) is 1. The summed E-state index contributed by atoms with van der Waals surface area (Å²) in [4.78, 5) is 10.1. The average molecular weight is 186 g/mol. The molecule has 0 aromatic rings. The molecule has 0 aromatic heterocycles. The van der Waals surface area contributed by atoms with Crippen molar-refractivity contribution in [1.82, 2.24) is 0 Å². The van der Waals surface area contributed by atoms with E-state index < -0.39 is 5.97 Å². The first-order valence-corrected chi connectivity index (χ1v) is 6.63. The van der Waals surface area contributed by atoms with Crippen LogP contribution in [0.1, 0.15) is 0 Å². The number of rotatable bonds is 1. The van der Waals surface area contributed by atoms with E-state index in [2.05, 4.69) is 0 Å². The maximum atomic E-state index is 10.1. The number of aliphatic carboxylic acids is 1. The van der Waals surface area contributed by atoms with Gasteiger partial charge in [-0.05, 0) is 19.7 Å². The second-order valence-corrected chi connectivity index (χ2v) is 7.32. The van der Waals surface area contributed by atoms with E-state index in [0.29, 0.717) is 0 Å². The van der Waals surface area contributed by atoms with Gasteiger partial charge in [0.15, 0.2) is 4.58 Å². The maximum absolute atomic E-state index is 10.1. The molecule has 0 spiro atoms. The average Bonchev–Trinajstić information content (AvgIpc) is 2.12. The summed E-state index contributed by atoms with van der Waals surface area (Å²) >= 11 is 0. The van der Waals surface area contributed by atoms with Crippen LogP contribution in [0.3, 0.4) is 0 Å². The van der Waals surface area contributed by atoms with Crippen LogP contribution in [-0.2, 0) is 4.79 Å². The highest BCUT2D eigenvalue weighted by atomic mass is 33.7. The molecule has 8 heavy (non-hydrogen) atoms. The Balaban J connectivity index is 2.35. The van der Waals surface area contributed by atoms with Gasteiger partial charge in [0.1, 0.15) is 0 Å². The first-order chi connectivity index (χ1) is 3.80. The summed E-state index contributed by atoms with van der Waals surface area (Å²) in [5, 5.41) is 8.34. The van der Waals surface area contributed by atoms with Crippen molar-refractivity contribution in [3.8, 4) is 0 Å². The van der Waals surface area contributed by atoms with E-state index in [4.69, 9.17) is 5.11 Å². The Morgan fingerprint density at radius 3 is 2.12 bits per heavy atom. The summed E-state index contributed by atoms with van der Waals surface area (Å²) in [5.41, 5.74) is 0. The molecule has 0 atom stereocenters. The third-order valence-corrected chi connectivity index (χ3v) is 7.96. The fraction of sp³-hybridized carbons (Fsp3) is 0.500. The molecule has 0 aliphatic carbocycles. The summed E-state index contributed by atoms with van der Waals surface area (Å²) in [6.45, 7) is 0. The van der Waals surface area contributed by atoms with Gasteiger partial charge < -0.3 is 5.11 Å². The maximum Gasteiger partial charge on any atom is 0.328 e. The molecular formula is C2H2O2S4. The quantitative estimate of drug-likeness (QED) is 0.632. The van der Waals surface area contributed by atoms with E-state index in [1.165, 1.54) is 41.2 Å². The van der Waals surface area contributed by atoms with Gasteiger partial charge in [-0.3, -0.25) is 4.79 Å². The Labute approximate surface area is 61.7 Å². The molecule has 0 bridgehead atoms. The van der Waals surface area contributed by atoms with E-state index in [9.17, 15) is 4.79 Å². The zero-order chi connectivity index (χ0) is 5.98. The fourth-order valence-corrected chi connectivity index (χ4v) is 8.30. The molecule has 6 heteroatoms. The summed E-state index contributed by atoms with van der Waals surface area (Å²) in [7, 11) is 5.84. The summed E-state index contributed by atoms with van der Waals surface area (Å²) < 4.78 is -0.259. The predicted octanol–water partition coefficient (Wildman–Crippen LogP) is 2.09. The Bertz CT molecular complexity index is 98.2. The van der Waals surface area contributed by atoms with Crippen molar-refractivity contribution in [2.75, 3.05) is 0 Å². The van der Waals surface area contributed by atoms with Crippen molar-refractivity contribution in [2.24, 2.45) is 0 Å². The van der Waals surface area contributed by atoms with Crippen molar-refractivity contribution in [1.29, 1.82) is 0 Å². The third-order valence-electron chi connectivity index (χ3n) is 0.483. The minimum Gasteiger partial charge on any atom is -0.480 e. The number of hydrogen-bond donors (Lipinski definition) is 1. The van der Waals surface area contributed by atoms with Crippen LogP contribution in [0.25, 0.3) is 0 Å².